The Morgan fingerprint density at radius 3 is 0.867 bits per heavy atom. The van der Waals surface area contributed by atoms with Gasteiger partial charge in [-0.05, 0) is 80.0 Å². The van der Waals surface area contributed by atoms with Crippen molar-refractivity contribution in [3.63, 3.8) is 0 Å². The molecule has 0 aromatic carbocycles. The first kappa shape index (κ1) is 37.9. The number of nitrogens with one attached hydrogen (secondary N) is 8. The van der Waals surface area contributed by atoms with Gasteiger partial charge in [0.15, 0.2) is 0 Å². The molecule has 0 aromatic heterocycles. The maximum atomic E-state index is 4.25. The van der Waals surface area contributed by atoms with E-state index in [2.05, 4.69) is 49.0 Å². The maximum Gasteiger partial charge on any atom is 5.00 e. The summed E-state index contributed by atoms with van der Waals surface area (Å²) in [6.45, 7) is 0. The van der Waals surface area contributed by atoms with Gasteiger partial charge in [0.2, 0.25) is 0 Å². The quantitative estimate of drug-likeness (QED) is 0.124. The van der Waals surface area contributed by atoms with E-state index >= 15 is 0 Å². The number of hydrogen-bond acceptors (Lipinski definition) is 8. The SMILES string of the molecule is [CH-]1CCCC2C3NC(NC4NC(NC5NC(NC6NC(N3)C3CCCCC63)C3CCCCC53)C3CCCCC43)C12.[Fe+5].[NH2-].[NH2-].[NH2-].[NH2-]. The van der Waals surface area contributed by atoms with Crippen LogP contribution in [0.15, 0.2) is 0 Å². The van der Waals surface area contributed by atoms with Gasteiger partial charge in [-0.2, -0.15) is 6.42 Å². The smallest absolute Gasteiger partial charge is 0.693 e. The van der Waals surface area contributed by atoms with E-state index in [1.54, 1.807) is 0 Å². The second-order valence-corrected chi connectivity index (χ2v) is 15.4. The molecule has 5 heterocycles. The zero-order valence-corrected chi connectivity index (χ0v) is 28.2. The first-order valence-electron chi connectivity index (χ1n) is 17.7. The first-order chi connectivity index (χ1) is 19.8. The van der Waals surface area contributed by atoms with Gasteiger partial charge in [0.1, 0.15) is 0 Å². The van der Waals surface area contributed by atoms with Crippen molar-refractivity contribution >= 4 is 0 Å². The van der Waals surface area contributed by atoms with Gasteiger partial charge in [-0.25, -0.2) is 0 Å². The minimum Gasteiger partial charge on any atom is -0.693 e. The summed E-state index contributed by atoms with van der Waals surface area (Å²) in [4.78, 5) is 0. The van der Waals surface area contributed by atoms with Crippen molar-refractivity contribution in [2.75, 3.05) is 0 Å². The number of hydrogen-bond donors (Lipinski definition) is 8. The van der Waals surface area contributed by atoms with Crippen LogP contribution in [0.2, 0.25) is 0 Å². The minimum absolute atomic E-state index is 0. The van der Waals surface area contributed by atoms with Gasteiger partial charge in [-0.1, -0.05) is 51.4 Å². The van der Waals surface area contributed by atoms with Gasteiger partial charge in [-0.3, -0.25) is 42.5 Å². The molecule has 1 radical (unpaired) electrons. The van der Waals surface area contributed by atoms with E-state index in [1.807, 2.05) is 0 Å². The zero-order chi connectivity index (χ0) is 26.2. The van der Waals surface area contributed by atoms with Crippen LogP contribution in [0, 0.1) is 53.8 Å². The number of fused-ring (bicyclic) bond motifs is 20. The Balaban J connectivity index is 0.000000922. The predicted octanol–water partition coefficient (Wildman–Crippen LogP) is 5.29. The molecular formula is C32H63FeN12. The molecular weight excluding hydrogens is 608 g/mol. The van der Waals surface area contributed by atoms with E-state index < -0.39 is 0 Å². The van der Waals surface area contributed by atoms with E-state index in [1.165, 1.54) is 96.3 Å². The van der Waals surface area contributed by atoms with Gasteiger partial charge in [0.05, 0.1) is 43.2 Å². The van der Waals surface area contributed by atoms with E-state index in [9.17, 15) is 0 Å². The molecule has 9 fully saturated rings. The van der Waals surface area contributed by atoms with Crippen LogP contribution in [-0.4, -0.2) is 49.3 Å². The van der Waals surface area contributed by atoms with Crippen molar-refractivity contribution in [2.24, 2.45) is 47.3 Å². The van der Waals surface area contributed by atoms with Crippen LogP contribution < -0.4 is 42.5 Å². The van der Waals surface area contributed by atoms with Crippen LogP contribution in [0.5, 0.6) is 0 Å². The molecule has 45 heavy (non-hydrogen) atoms. The molecule has 9 aliphatic rings. The fraction of sp³-hybridized carbons (Fsp3) is 0.969. The standard InChI is InChI=1S/C32H55N8.Fe.4H2N/c1-2-10-18-17(9-1)25-33-26(18)38-28-21-13-5-6-14-22(21)30(35-28)40-32-24-16-8-7-15-23(24)31(36-32)39-29-20-12-4-3-11-19(20)27(34-29)37-25;;;;;/h9,17-40H,1-8,10-16H2;;4*1H2/q-1;+5;4*-1. The summed E-state index contributed by atoms with van der Waals surface area (Å²) in [6, 6.07) is 0. The minimum atomic E-state index is 0. The largest absolute Gasteiger partial charge is 5.00 e. The summed E-state index contributed by atoms with van der Waals surface area (Å²) in [5, 5.41) is 33.7. The second-order valence-electron chi connectivity index (χ2n) is 15.4. The van der Waals surface area contributed by atoms with Crippen molar-refractivity contribution in [2.45, 2.75) is 146 Å². The van der Waals surface area contributed by atoms with Crippen LogP contribution in [0.25, 0.3) is 24.6 Å². The average molecular weight is 672 g/mol. The van der Waals surface area contributed by atoms with Gasteiger partial charge >= 0.3 is 17.1 Å². The van der Waals surface area contributed by atoms with Crippen LogP contribution in [0.4, 0.5) is 0 Å². The van der Waals surface area contributed by atoms with E-state index in [0.717, 1.165) is 35.5 Å². The summed E-state index contributed by atoms with van der Waals surface area (Å²) >= 11 is 0. The number of nitrogens with two attached hydrogens (primary N) is 4. The normalized spacial score (nSPS) is 51.2. The van der Waals surface area contributed by atoms with Crippen LogP contribution in [0.3, 0.4) is 0 Å². The number of rotatable bonds is 0. The van der Waals surface area contributed by atoms with E-state index in [4.69, 9.17) is 0 Å². The average Bonchev–Trinajstić information content (AvgIpc) is 3.73. The Morgan fingerprint density at radius 2 is 0.556 bits per heavy atom. The zero-order valence-electron chi connectivity index (χ0n) is 27.1. The second kappa shape index (κ2) is 15.7. The fourth-order valence-electron chi connectivity index (χ4n) is 11.7. The Morgan fingerprint density at radius 1 is 0.311 bits per heavy atom. The Labute approximate surface area is 283 Å². The molecule has 4 saturated carbocycles. The molecule has 12 nitrogen and oxygen atoms in total. The van der Waals surface area contributed by atoms with E-state index in [0.29, 0.717) is 61.2 Å². The summed E-state index contributed by atoms with van der Waals surface area (Å²) in [5.41, 5.74) is 0. The fourth-order valence-corrected chi connectivity index (χ4v) is 11.7. The van der Waals surface area contributed by atoms with Crippen LogP contribution >= 0.6 is 0 Å². The molecule has 5 saturated heterocycles. The summed E-state index contributed by atoms with van der Waals surface area (Å²) in [7, 11) is 0. The molecule has 0 spiro atoms. The molecule has 5 aliphatic heterocycles. The van der Waals surface area contributed by atoms with Gasteiger partial charge in [0, 0.05) is 6.17 Å². The van der Waals surface area contributed by atoms with E-state index in [-0.39, 0.29) is 41.7 Å². The Kier molecular flexibility index (Phi) is 13.2. The molecule has 0 amide bonds. The van der Waals surface area contributed by atoms with Gasteiger partial charge in [-0.15, -0.1) is 5.92 Å². The third-order valence-electron chi connectivity index (χ3n) is 13.6. The van der Waals surface area contributed by atoms with Crippen molar-refractivity contribution in [3.05, 3.63) is 31.0 Å². The summed E-state index contributed by atoms with van der Waals surface area (Å²) < 4.78 is 0. The van der Waals surface area contributed by atoms with Crippen LogP contribution in [0.1, 0.15) is 96.3 Å². The van der Waals surface area contributed by atoms with Crippen LogP contribution in [-0.2, 0) is 17.1 Å². The molecule has 16 N–H and O–H groups in total. The molecule has 259 valence electrons. The van der Waals surface area contributed by atoms with Crippen molar-refractivity contribution in [1.82, 2.24) is 42.5 Å². The summed E-state index contributed by atoms with van der Waals surface area (Å²) in [5.74, 6) is 5.74. The molecule has 16 atom stereocenters. The molecule has 8 bridgehead atoms. The van der Waals surface area contributed by atoms with Crippen molar-refractivity contribution in [3.8, 4) is 0 Å². The Bertz CT molecular complexity index is 725. The van der Waals surface area contributed by atoms with Gasteiger partial charge < -0.3 is 31.0 Å². The topological polar surface area (TPSA) is 230 Å². The summed E-state index contributed by atoms with van der Waals surface area (Å²) in [6.07, 6.45) is 26.4. The predicted molar refractivity (Wildman–Crippen MR) is 178 cm³/mol. The molecule has 13 heteroatoms. The molecule has 16 unspecified atom stereocenters. The molecule has 0 aromatic rings. The molecule has 4 aliphatic carbocycles. The third-order valence-corrected chi connectivity index (χ3v) is 13.6. The van der Waals surface area contributed by atoms with Crippen molar-refractivity contribution < 1.29 is 17.1 Å². The molecule has 9 rings (SSSR count). The van der Waals surface area contributed by atoms with Gasteiger partial charge in [0.25, 0.3) is 0 Å². The Hall–Kier alpha value is 0.0395. The maximum absolute atomic E-state index is 4.25. The third kappa shape index (κ3) is 6.67. The van der Waals surface area contributed by atoms with Crippen molar-refractivity contribution in [1.29, 1.82) is 0 Å². The first-order valence-corrected chi connectivity index (χ1v) is 17.7. The monoisotopic (exact) mass is 671 g/mol.